The van der Waals surface area contributed by atoms with Crippen LogP contribution in [-0.4, -0.2) is 64.1 Å². The zero-order valence-corrected chi connectivity index (χ0v) is 15.3. The van der Waals surface area contributed by atoms with E-state index in [0.29, 0.717) is 43.7 Å². The second-order valence-electron chi connectivity index (χ2n) is 5.93. The minimum absolute atomic E-state index is 0.127. The molecule has 3 rings (SSSR count). The van der Waals surface area contributed by atoms with Gasteiger partial charge >= 0.3 is 6.09 Å². The number of rotatable bonds is 3. The van der Waals surface area contributed by atoms with E-state index in [0.717, 1.165) is 0 Å². The third-order valence-electron chi connectivity index (χ3n) is 4.34. The average Bonchev–Trinajstić information content (AvgIpc) is 2.65. The van der Waals surface area contributed by atoms with Crippen LogP contribution in [0.15, 0.2) is 29.1 Å². The van der Waals surface area contributed by atoms with Crippen LogP contribution in [0.3, 0.4) is 0 Å². The van der Waals surface area contributed by atoms with E-state index in [1.54, 1.807) is 34.9 Å². The van der Waals surface area contributed by atoms with Gasteiger partial charge in [0.2, 0.25) is 5.91 Å². The molecule has 9 heteroatoms. The fraction of sp³-hybridized carbons (Fsp3) is 0.412. The zero-order chi connectivity index (χ0) is 18.7. The highest BCUT2D eigenvalue weighted by atomic mass is 32.1. The van der Waals surface area contributed by atoms with Crippen LogP contribution in [0.4, 0.5) is 4.79 Å². The average molecular weight is 376 g/mol. The van der Waals surface area contributed by atoms with Gasteiger partial charge in [-0.2, -0.15) is 0 Å². The van der Waals surface area contributed by atoms with Crippen LogP contribution in [0.1, 0.15) is 6.92 Å². The zero-order valence-electron chi connectivity index (χ0n) is 14.4. The number of nitrogens with one attached hydrogen (secondary N) is 1. The van der Waals surface area contributed by atoms with E-state index in [-0.39, 0.29) is 28.9 Å². The quantitative estimate of drug-likeness (QED) is 0.818. The molecule has 26 heavy (non-hydrogen) atoms. The van der Waals surface area contributed by atoms with Crippen molar-refractivity contribution >= 4 is 35.1 Å². The lowest BCUT2D eigenvalue weighted by molar-refractivity contribution is -0.133. The predicted octanol–water partition coefficient (Wildman–Crippen LogP) is 1.36. The molecule has 1 aliphatic heterocycles. The fourth-order valence-corrected chi connectivity index (χ4v) is 3.19. The Morgan fingerprint density at radius 3 is 2.50 bits per heavy atom. The molecule has 0 aliphatic carbocycles. The molecular formula is C17H20N4O4S. The highest BCUT2D eigenvalue weighted by Crippen LogP contribution is 2.08. The molecule has 1 N–H and O–H groups in total. The Balaban J connectivity index is 1.72. The van der Waals surface area contributed by atoms with Crippen molar-refractivity contribution in [1.29, 1.82) is 0 Å². The van der Waals surface area contributed by atoms with Gasteiger partial charge in [0.1, 0.15) is 6.54 Å². The van der Waals surface area contributed by atoms with Gasteiger partial charge in [-0.25, -0.2) is 4.79 Å². The normalized spacial score (nSPS) is 14.5. The Morgan fingerprint density at radius 1 is 1.15 bits per heavy atom. The molecular weight excluding hydrogens is 356 g/mol. The number of aromatic nitrogens is 2. The van der Waals surface area contributed by atoms with Gasteiger partial charge in [0.15, 0.2) is 4.77 Å². The van der Waals surface area contributed by atoms with E-state index in [4.69, 9.17) is 17.0 Å². The molecule has 2 heterocycles. The van der Waals surface area contributed by atoms with E-state index in [9.17, 15) is 14.4 Å². The first-order chi connectivity index (χ1) is 12.5. The molecule has 0 radical (unpaired) electrons. The van der Waals surface area contributed by atoms with Crippen LogP contribution in [-0.2, 0) is 16.1 Å². The summed E-state index contributed by atoms with van der Waals surface area (Å²) < 4.78 is 6.46. The van der Waals surface area contributed by atoms with Gasteiger partial charge in [-0.05, 0) is 31.3 Å². The molecule has 1 aromatic carbocycles. The number of benzene rings is 1. The van der Waals surface area contributed by atoms with Gasteiger partial charge in [0, 0.05) is 26.2 Å². The lowest BCUT2D eigenvalue weighted by Crippen LogP contribution is -2.51. The number of para-hydroxylation sites is 1. The summed E-state index contributed by atoms with van der Waals surface area (Å²) in [6.45, 7) is 3.56. The maximum absolute atomic E-state index is 12.6. The summed E-state index contributed by atoms with van der Waals surface area (Å²) >= 11 is 5.24. The van der Waals surface area contributed by atoms with Crippen molar-refractivity contribution in [3.8, 4) is 0 Å². The molecule has 8 nitrogen and oxygen atoms in total. The van der Waals surface area contributed by atoms with Crippen molar-refractivity contribution in [2.24, 2.45) is 0 Å². The van der Waals surface area contributed by atoms with E-state index >= 15 is 0 Å². The third kappa shape index (κ3) is 3.62. The SMILES string of the molecule is CCOC(=O)N1CCN(C(=O)Cn2c(=S)[nH]c3ccccc3c2=O)CC1. The summed E-state index contributed by atoms with van der Waals surface area (Å²) in [7, 11) is 0. The van der Waals surface area contributed by atoms with Gasteiger partial charge in [-0.1, -0.05) is 12.1 Å². The van der Waals surface area contributed by atoms with Gasteiger partial charge in [0.05, 0.1) is 17.5 Å². The summed E-state index contributed by atoms with van der Waals surface area (Å²) in [6, 6.07) is 7.04. The highest BCUT2D eigenvalue weighted by Gasteiger charge is 2.25. The maximum atomic E-state index is 12.6. The van der Waals surface area contributed by atoms with Crippen LogP contribution in [0, 0.1) is 4.77 Å². The number of fused-ring (bicyclic) bond motifs is 1. The minimum Gasteiger partial charge on any atom is -0.450 e. The molecule has 138 valence electrons. The Labute approximate surface area is 155 Å². The summed E-state index contributed by atoms with van der Waals surface area (Å²) in [4.78, 5) is 43.1. The predicted molar refractivity (Wildman–Crippen MR) is 98.6 cm³/mol. The number of carbonyl (C=O) groups is 2. The van der Waals surface area contributed by atoms with E-state index < -0.39 is 0 Å². The fourth-order valence-electron chi connectivity index (χ4n) is 2.93. The van der Waals surface area contributed by atoms with E-state index in [1.165, 1.54) is 4.57 Å². The molecule has 0 unspecified atom stereocenters. The monoisotopic (exact) mass is 376 g/mol. The number of hydrogen-bond donors (Lipinski definition) is 1. The topological polar surface area (TPSA) is 87.6 Å². The molecule has 0 bridgehead atoms. The highest BCUT2D eigenvalue weighted by molar-refractivity contribution is 7.71. The Morgan fingerprint density at radius 2 is 1.81 bits per heavy atom. The first kappa shape index (κ1) is 18.1. The van der Waals surface area contributed by atoms with Crippen molar-refractivity contribution in [1.82, 2.24) is 19.4 Å². The van der Waals surface area contributed by atoms with Crippen LogP contribution < -0.4 is 5.56 Å². The number of amides is 2. The van der Waals surface area contributed by atoms with E-state index in [1.807, 2.05) is 6.07 Å². The second-order valence-corrected chi connectivity index (χ2v) is 6.32. The van der Waals surface area contributed by atoms with Gasteiger partial charge in [-0.3, -0.25) is 14.2 Å². The molecule has 2 aromatic rings. The van der Waals surface area contributed by atoms with Gasteiger partial charge < -0.3 is 19.5 Å². The molecule has 1 aromatic heterocycles. The number of nitrogens with zero attached hydrogens (tertiary/aromatic N) is 3. The van der Waals surface area contributed by atoms with Gasteiger partial charge in [-0.15, -0.1) is 0 Å². The first-order valence-electron chi connectivity index (χ1n) is 8.42. The summed E-state index contributed by atoms with van der Waals surface area (Å²) in [5.74, 6) is -0.203. The number of H-pyrrole nitrogens is 1. The van der Waals surface area contributed by atoms with Crippen molar-refractivity contribution in [3.63, 3.8) is 0 Å². The first-order valence-corrected chi connectivity index (χ1v) is 8.83. The minimum atomic E-state index is -0.368. The summed E-state index contributed by atoms with van der Waals surface area (Å²) in [5.41, 5.74) is 0.358. The number of hydrogen-bond acceptors (Lipinski definition) is 5. The van der Waals surface area contributed by atoms with Crippen molar-refractivity contribution < 1.29 is 14.3 Å². The molecule has 0 saturated carbocycles. The number of aromatic amines is 1. The molecule has 0 spiro atoms. The summed E-state index contributed by atoms with van der Waals surface area (Å²) in [6.07, 6.45) is -0.368. The van der Waals surface area contributed by atoms with Crippen molar-refractivity contribution in [2.75, 3.05) is 32.8 Å². The lowest BCUT2D eigenvalue weighted by atomic mass is 10.2. The van der Waals surface area contributed by atoms with Crippen molar-refractivity contribution in [3.05, 3.63) is 39.4 Å². The van der Waals surface area contributed by atoms with Crippen molar-refractivity contribution in [2.45, 2.75) is 13.5 Å². The number of piperazine rings is 1. The number of ether oxygens (including phenoxy) is 1. The molecule has 0 atom stereocenters. The van der Waals surface area contributed by atoms with Crippen LogP contribution in [0.2, 0.25) is 0 Å². The molecule has 1 fully saturated rings. The van der Waals surface area contributed by atoms with Gasteiger partial charge in [0.25, 0.3) is 5.56 Å². The molecule has 1 aliphatic rings. The largest absolute Gasteiger partial charge is 0.450 e. The molecule has 2 amide bonds. The maximum Gasteiger partial charge on any atom is 0.409 e. The Bertz CT molecular complexity index is 944. The Kier molecular flexibility index (Phi) is 5.36. The smallest absolute Gasteiger partial charge is 0.409 e. The van der Waals surface area contributed by atoms with Crippen LogP contribution in [0.25, 0.3) is 10.9 Å². The Hall–Kier alpha value is -2.68. The van der Waals surface area contributed by atoms with Crippen LogP contribution >= 0.6 is 12.2 Å². The van der Waals surface area contributed by atoms with Crippen LogP contribution in [0.5, 0.6) is 0 Å². The molecule has 1 saturated heterocycles. The lowest BCUT2D eigenvalue weighted by Gasteiger charge is -2.34. The van der Waals surface area contributed by atoms with E-state index in [2.05, 4.69) is 4.98 Å². The number of carbonyl (C=O) groups excluding carboxylic acids is 2. The summed E-state index contributed by atoms with van der Waals surface area (Å²) in [5, 5.41) is 0.487. The third-order valence-corrected chi connectivity index (χ3v) is 4.66. The second kappa shape index (κ2) is 7.69. The standard InChI is InChI=1S/C17H20N4O4S/c1-2-25-17(24)20-9-7-19(8-10-20)14(22)11-21-15(23)12-5-3-4-6-13(12)18-16(21)26/h3-6H,2,7-11H2,1H3,(H,18,26).